The predicted molar refractivity (Wildman–Crippen MR) is 629 cm³/mol. The van der Waals surface area contributed by atoms with Crippen LogP contribution in [-0.4, -0.2) is 80.0 Å². The fourth-order valence-electron chi connectivity index (χ4n) is 23.1. The molecule has 10 heterocycles. The first-order valence-electron chi connectivity index (χ1n) is 50.0. The van der Waals surface area contributed by atoms with Gasteiger partial charge >= 0.3 is 0 Å². The number of aromatic nitrogens is 6. The van der Waals surface area contributed by atoms with E-state index in [9.17, 15) is 16.8 Å². The first-order valence-corrected chi connectivity index (χ1v) is 54.5. The van der Waals surface area contributed by atoms with Crippen LogP contribution in [0.25, 0.3) is 152 Å². The zero-order valence-corrected chi connectivity index (χ0v) is 86.5. The zero-order valence-electron chi connectivity index (χ0n) is 81.7. The molecule has 26 aromatic rings. The number of para-hydroxylation sites is 4. The number of aryl methyl sites for hydroxylation is 3. The number of aromatic amines is 4. The largest absolute Gasteiger partial charge is 0.361 e. The van der Waals surface area contributed by atoms with Crippen LogP contribution in [0.2, 0.25) is 0 Å². The lowest BCUT2D eigenvalue weighted by atomic mass is 9.93. The van der Waals surface area contributed by atoms with Crippen molar-refractivity contribution in [2.45, 2.75) is 63.2 Å². The van der Waals surface area contributed by atoms with Crippen LogP contribution in [0.15, 0.2) is 437 Å². The zero-order chi connectivity index (χ0) is 101. The van der Waals surface area contributed by atoms with Crippen molar-refractivity contribution in [1.82, 2.24) is 27.9 Å². The molecule has 6 aromatic heterocycles. The van der Waals surface area contributed by atoms with Crippen molar-refractivity contribution < 1.29 is 16.8 Å². The van der Waals surface area contributed by atoms with Crippen LogP contribution >= 0.6 is 31.9 Å². The van der Waals surface area contributed by atoms with Gasteiger partial charge in [-0.15, -0.1) is 0 Å². The molecular weight excluding hydrogens is 2020 g/mol. The summed E-state index contributed by atoms with van der Waals surface area (Å²) in [4.78, 5) is 44.9. The van der Waals surface area contributed by atoms with Gasteiger partial charge in [0.25, 0.3) is 20.0 Å². The summed E-state index contributed by atoms with van der Waals surface area (Å²) in [6, 6.07) is 123. The maximum atomic E-state index is 13.9. The van der Waals surface area contributed by atoms with E-state index in [0.29, 0.717) is 29.6 Å². The molecule has 20 heteroatoms. The first kappa shape index (κ1) is 91.3. The predicted octanol–water partition coefficient (Wildman–Crippen LogP) is 33.2. The van der Waals surface area contributed by atoms with Crippen molar-refractivity contribution >= 4 is 273 Å². The van der Waals surface area contributed by atoms with E-state index in [4.69, 9.17) is 30.0 Å². The average Bonchev–Trinajstić information content (AvgIpc) is 1.56. The lowest BCUT2D eigenvalue weighted by molar-refractivity contribution is 0.586. The molecule has 30 rings (SSSR count). The fourth-order valence-corrected chi connectivity index (χ4v) is 26.8. The normalized spacial score (nSPS) is 13.4. The molecule has 0 spiro atoms. The average molecular weight is 2110 g/mol. The maximum Gasteiger partial charge on any atom is 0.268 e. The summed E-state index contributed by atoms with van der Waals surface area (Å²) >= 11 is 7.17. The third-order valence-corrected chi connectivity index (χ3v) is 34.7. The Hall–Kier alpha value is -17.4. The van der Waals surface area contributed by atoms with Crippen LogP contribution in [-0.2, 0) is 45.7 Å². The minimum Gasteiger partial charge on any atom is -0.361 e. The van der Waals surface area contributed by atoms with Crippen LogP contribution in [0.3, 0.4) is 0 Å². The van der Waals surface area contributed by atoms with Crippen molar-refractivity contribution in [2.24, 2.45) is 30.0 Å². The van der Waals surface area contributed by atoms with Gasteiger partial charge in [-0.1, -0.05) is 298 Å². The minimum absolute atomic E-state index is 0.272. The second-order valence-corrected chi connectivity index (χ2v) is 44.5. The second kappa shape index (κ2) is 36.3. The van der Waals surface area contributed by atoms with Crippen molar-refractivity contribution in [3.8, 4) is 0 Å². The second-order valence-electron chi connectivity index (χ2n) is 39.0. The molecule has 0 saturated carbocycles. The van der Waals surface area contributed by atoms with Gasteiger partial charge in [-0.2, -0.15) is 0 Å². The molecule has 0 radical (unpaired) electrons. The Morgan fingerprint density at radius 1 is 0.293 bits per heavy atom. The molecular formula is C130H90Br2N12O4S2. The van der Waals surface area contributed by atoms with Gasteiger partial charge in [0.1, 0.15) is 0 Å². The van der Waals surface area contributed by atoms with Crippen molar-refractivity contribution in [3.63, 3.8) is 0 Å². The number of halogens is 2. The van der Waals surface area contributed by atoms with Gasteiger partial charge in [0.05, 0.1) is 77.8 Å². The summed E-state index contributed by atoms with van der Waals surface area (Å²) in [7, 11) is -7.56. The minimum atomic E-state index is -3.80. The van der Waals surface area contributed by atoms with Crippen molar-refractivity contribution in [3.05, 3.63) is 476 Å². The molecule has 150 heavy (non-hydrogen) atoms. The quantitative estimate of drug-likeness (QED) is 0.0693. The van der Waals surface area contributed by atoms with Crippen LogP contribution in [0.1, 0.15) is 78.1 Å². The highest BCUT2D eigenvalue weighted by molar-refractivity contribution is 9.10. The van der Waals surface area contributed by atoms with E-state index in [1.54, 1.807) is 30.5 Å². The van der Waals surface area contributed by atoms with Gasteiger partial charge in [0, 0.05) is 193 Å². The number of aliphatic imine (C=N–C) groups is 6. The van der Waals surface area contributed by atoms with E-state index in [1.807, 2.05) is 137 Å². The summed E-state index contributed by atoms with van der Waals surface area (Å²) < 4.78 is 60.2. The number of rotatable bonds is 12. The van der Waals surface area contributed by atoms with Gasteiger partial charge in [-0.25, -0.2) is 24.8 Å². The summed E-state index contributed by atoms with van der Waals surface area (Å²) in [6.07, 6.45) is 14.6. The van der Waals surface area contributed by atoms with Crippen molar-refractivity contribution in [2.75, 3.05) is 0 Å². The Bertz CT molecular complexity index is 10700. The Balaban J connectivity index is 0.0000000984. The molecule has 4 N–H and O–H groups in total. The Kier molecular flexibility index (Phi) is 22.1. The standard InChI is InChI=1S/C34H23BrN4.C33H21BrN4.C32H24N2O2S.C31H22N2O2S/c1-19-33(26-8-4-5-9-31(26)38-19)32-16-29-28-15-22(36-17-20-18-37-30-13-10-21(35)14-27(20)30)11-12-24(28)23-6-2-3-7-25(23)34(29)39-32;34-20-9-12-31-26(13-20)19(17-36-31)16-35-21-10-11-23-22-5-1-2-7-25(22)33-28(27(23)14-21)15-32(38-33)29-18-37-30-8-4-3-6-24(29)30;1-20-15-17-22(18-16-20)37(35,36)34-21(2)31(27-13-7-8-14-30(27)34)29-19-28-25-11-4-3-9-23(25)24-10-5-6-12-26(24)32(28)33-29;1-20-14-16-21(17-15-20)36(34,35)33-19-28(25-11-6-7-13-30(25)33)29-18-27-24-10-3-2-8-22(24)23-9-4-5-12-26(23)31(27)32-29/h2-15,17-18,37-38H,16H2,1H3;1-14,16-18,36-37H,15H2;3-18H,19H2,1-2H3;2-17,19H,18H2,1H3. The number of hydrogen-bond donors (Lipinski definition) is 4. The van der Waals surface area contributed by atoms with E-state index < -0.39 is 20.0 Å². The monoisotopic (exact) mass is 2100 g/mol. The van der Waals surface area contributed by atoms with Crippen LogP contribution in [0.4, 0.5) is 34.1 Å². The van der Waals surface area contributed by atoms with Gasteiger partial charge in [-0.3, -0.25) is 30.0 Å². The molecule has 0 unspecified atom stereocenters. The van der Waals surface area contributed by atoms with E-state index >= 15 is 0 Å². The summed E-state index contributed by atoms with van der Waals surface area (Å²) in [5.41, 5.74) is 30.9. The Morgan fingerprint density at radius 3 is 1.13 bits per heavy atom. The molecule has 4 aliphatic rings. The third kappa shape index (κ3) is 15.4. The first-order chi connectivity index (χ1) is 73.3. The molecule has 0 amide bonds. The van der Waals surface area contributed by atoms with Gasteiger partial charge in [-0.05, 0) is 224 Å². The summed E-state index contributed by atoms with van der Waals surface area (Å²) in [5, 5.41) is 25.7. The van der Waals surface area contributed by atoms with E-state index in [-0.39, 0.29) is 9.79 Å². The van der Waals surface area contributed by atoms with Crippen molar-refractivity contribution in [1.29, 1.82) is 0 Å². The number of H-pyrrole nitrogens is 4. The highest BCUT2D eigenvalue weighted by Gasteiger charge is 2.34. The number of benzene rings is 20. The highest BCUT2D eigenvalue weighted by atomic mass is 79.9. The summed E-state index contributed by atoms with van der Waals surface area (Å²) in [6.45, 7) is 7.94. The number of hydrogen-bond acceptors (Lipinski definition) is 10. The third-order valence-electron chi connectivity index (χ3n) is 30.2. The molecule has 16 nitrogen and oxygen atoms in total. The Labute approximate surface area is 879 Å². The number of nitrogens with zero attached hydrogens (tertiary/aromatic N) is 8. The molecule has 0 aliphatic carbocycles. The van der Waals surface area contributed by atoms with E-state index in [2.05, 4.69) is 314 Å². The molecule has 0 atom stereocenters. The lowest BCUT2D eigenvalue weighted by Crippen LogP contribution is -2.15. The smallest absolute Gasteiger partial charge is 0.268 e. The number of fused-ring (bicyclic) bond motifs is 30. The van der Waals surface area contributed by atoms with Crippen LogP contribution in [0.5, 0.6) is 0 Å². The van der Waals surface area contributed by atoms with Gasteiger partial charge < -0.3 is 19.9 Å². The molecule has 4 aliphatic heterocycles. The molecule has 0 fully saturated rings. The Morgan fingerprint density at radius 2 is 0.647 bits per heavy atom. The molecule has 0 saturated heterocycles. The molecule has 20 aromatic carbocycles. The topological polar surface area (TPSA) is 215 Å². The number of nitrogens with one attached hydrogen (secondary N) is 4. The van der Waals surface area contributed by atoms with E-state index in [1.165, 1.54) is 128 Å². The summed E-state index contributed by atoms with van der Waals surface area (Å²) in [5.74, 6) is 0. The van der Waals surface area contributed by atoms with E-state index in [0.717, 1.165) is 172 Å². The van der Waals surface area contributed by atoms with Crippen LogP contribution < -0.4 is 0 Å². The van der Waals surface area contributed by atoms with Crippen LogP contribution in [0, 0.1) is 27.7 Å². The molecule has 720 valence electrons. The van der Waals surface area contributed by atoms with Gasteiger partial charge in [0.2, 0.25) is 0 Å². The fraction of sp³-hybridized carbons (Fsp3) is 0.0615. The molecule has 0 bridgehead atoms. The highest BCUT2D eigenvalue weighted by Crippen LogP contribution is 2.51. The SMILES string of the molecule is Brc1ccc2[nH]cc(C=Nc3ccc4c(c3)c3c(c5ccccc54)N=C(c4c[nH]c5ccccc45)C3)c2c1.Cc1[nH]c2ccccc2c1C1=Nc2c(c3cc(N=Cc4c[nH]c5ccc(Br)cc45)ccc3c3ccccc23)C1.Cc1ccc(S(=O)(=O)n2c(C)c(C3=Nc4c(c5ccccc5c5ccccc45)C3)c3ccccc32)cc1.Cc1ccc(S(=O)(=O)n2cc(C3=Nc4c(c5ccccc5c5ccccc45)C3)c3ccccc32)cc1. The van der Waals surface area contributed by atoms with Gasteiger partial charge in [0.15, 0.2) is 0 Å². The lowest BCUT2D eigenvalue weighted by Gasteiger charge is -2.11. The maximum absolute atomic E-state index is 13.9.